The molecule has 0 aromatic carbocycles. The molecule has 1 unspecified atom stereocenters. The van der Waals surface area contributed by atoms with Gasteiger partial charge >= 0.3 is 0 Å². The van der Waals surface area contributed by atoms with Gasteiger partial charge in [-0.25, -0.2) is 0 Å². The molecule has 3 nitrogen and oxygen atoms in total. The van der Waals surface area contributed by atoms with Gasteiger partial charge in [0.1, 0.15) is 0 Å². The van der Waals surface area contributed by atoms with Crippen LogP contribution in [-0.2, 0) is 4.79 Å². The van der Waals surface area contributed by atoms with Crippen LogP contribution in [0.2, 0.25) is 0 Å². The summed E-state index contributed by atoms with van der Waals surface area (Å²) in [5.41, 5.74) is 0. The number of amides is 1. The Morgan fingerprint density at radius 1 is 1.11 bits per heavy atom. The molecular formula is C16H30N2O. The van der Waals surface area contributed by atoms with Crippen molar-refractivity contribution in [2.45, 2.75) is 70.8 Å². The Morgan fingerprint density at radius 3 is 2.53 bits per heavy atom. The highest BCUT2D eigenvalue weighted by atomic mass is 16.2. The van der Waals surface area contributed by atoms with Crippen molar-refractivity contribution in [1.82, 2.24) is 10.2 Å². The maximum atomic E-state index is 12.6. The Bertz CT molecular complexity index is 272. The molecule has 1 aliphatic heterocycles. The molecule has 0 radical (unpaired) electrons. The van der Waals surface area contributed by atoms with Crippen molar-refractivity contribution in [3.05, 3.63) is 0 Å². The van der Waals surface area contributed by atoms with E-state index in [1.54, 1.807) is 0 Å². The third-order valence-electron chi connectivity index (χ3n) is 4.62. The van der Waals surface area contributed by atoms with Crippen LogP contribution in [0.15, 0.2) is 0 Å². The number of likely N-dealkylation sites (tertiary alicyclic amines) is 1. The number of nitrogens with one attached hydrogen (secondary N) is 1. The summed E-state index contributed by atoms with van der Waals surface area (Å²) in [5.74, 6) is 0.775. The van der Waals surface area contributed by atoms with Crippen molar-refractivity contribution in [2.24, 2.45) is 5.92 Å². The van der Waals surface area contributed by atoms with Gasteiger partial charge in [0.05, 0.1) is 0 Å². The normalized spacial score (nSPS) is 26.2. The first kappa shape index (κ1) is 14.8. The summed E-state index contributed by atoms with van der Waals surface area (Å²) in [6.07, 6.45) is 11.0. The molecule has 0 aromatic heterocycles. The lowest BCUT2D eigenvalue weighted by Crippen LogP contribution is -2.49. The van der Waals surface area contributed by atoms with Crippen molar-refractivity contribution in [3.8, 4) is 0 Å². The zero-order valence-corrected chi connectivity index (χ0v) is 12.5. The minimum atomic E-state index is 0.326. The van der Waals surface area contributed by atoms with Gasteiger partial charge in [0.15, 0.2) is 0 Å². The summed E-state index contributed by atoms with van der Waals surface area (Å²) in [5, 5.41) is 3.58. The number of rotatable bonds is 4. The lowest BCUT2D eigenvalue weighted by molar-refractivity contribution is -0.137. The Labute approximate surface area is 118 Å². The third kappa shape index (κ3) is 4.48. The van der Waals surface area contributed by atoms with Crippen LogP contribution in [0.4, 0.5) is 0 Å². The standard InChI is InChI=1S/C16H30N2O/c1-2-11-17-15-10-7-12-18(13-15)16(19)14-8-5-3-4-6-9-14/h14-15,17H,2-13H2,1H3. The second-order valence-electron chi connectivity index (χ2n) is 6.27. The number of carbonyl (C=O) groups is 1. The molecule has 0 aromatic rings. The van der Waals surface area contributed by atoms with E-state index in [0.29, 0.717) is 17.9 Å². The molecule has 2 aliphatic rings. The van der Waals surface area contributed by atoms with Crippen molar-refractivity contribution < 1.29 is 4.79 Å². The molecule has 1 aliphatic carbocycles. The minimum Gasteiger partial charge on any atom is -0.341 e. The quantitative estimate of drug-likeness (QED) is 0.794. The van der Waals surface area contributed by atoms with E-state index >= 15 is 0 Å². The molecule has 2 fully saturated rings. The zero-order valence-electron chi connectivity index (χ0n) is 12.5. The topological polar surface area (TPSA) is 32.3 Å². The molecule has 2 rings (SSSR count). The zero-order chi connectivity index (χ0) is 13.5. The predicted molar refractivity (Wildman–Crippen MR) is 79.1 cm³/mol. The average Bonchev–Trinajstić information content (AvgIpc) is 2.73. The lowest BCUT2D eigenvalue weighted by atomic mass is 9.96. The molecule has 19 heavy (non-hydrogen) atoms. The number of nitrogens with zero attached hydrogens (tertiary/aromatic N) is 1. The van der Waals surface area contributed by atoms with Crippen LogP contribution in [0.5, 0.6) is 0 Å². The van der Waals surface area contributed by atoms with Crippen molar-refractivity contribution >= 4 is 5.91 Å². The van der Waals surface area contributed by atoms with Gasteiger partial charge in [-0.05, 0) is 38.6 Å². The summed E-state index contributed by atoms with van der Waals surface area (Å²) in [6, 6.07) is 0.531. The van der Waals surface area contributed by atoms with Crippen LogP contribution in [-0.4, -0.2) is 36.5 Å². The highest BCUT2D eigenvalue weighted by Gasteiger charge is 2.28. The average molecular weight is 266 g/mol. The van der Waals surface area contributed by atoms with Gasteiger partial charge in [-0.15, -0.1) is 0 Å². The second-order valence-corrected chi connectivity index (χ2v) is 6.27. The molecule has 1 heterocycles. The fraction of sp³-hybridized carbons (Fsp3) is 0.938. The molecule has 3 heteroatoms. The molecule has 1 saturated heterocycles. The minimum absolute atomic E-state index is 0.326. The molecule has 1 saturated carbocycles. The van der Waals surface area contributed by atoms with E-state index in [2.05, 4.69) is 17.1 Å². The van der Waals surface area contributed by atoms with E-state index in [1.165, 1.54) is 44.9 Å². The Balaban J connectivity index is 1.83. The van der Waals surface area contributed by atoms with Gasteiger partial charge in [-0.2, -0.15) is 0 Å². The summed E-state index contributed by atoms with van der Waals surface area (Å²) < 4.78 is 0. The second kappa shape index (κ2) is 7.88. The van der Waals surface area contributed by atoms with Crippen LogP contribution < -0.4 is 5.32 Å². The smallest absolute Gasteiger partial charge is 0.225 e. The molecule has 1 N–H and O–H groups in total. The van der Waals surface area contributed by atoms with Crippen molar-refractivity contribution in [3.63, 3.8) is 0 Å². The monoisotopic (exact) mass is 266 g/mol. The third-order valence-corrected chi connectivity index (χ3v) is 4.62. The molecule has 1 amide bonds. The maximum Gasteiger partial charge on any atom is 0.225 e. The van der Waals surface area contributed by atoms with Crippen LogP contribution >= 0.6 is 0 Å². The molecule has 110 valence electrons. The number of hydrogen-bond acceptors (Lipinski definition) is 2. The highest BCUT2D eigenvalue weighted by Crippen LogP contribution is 2.25. The van der Waals surface area contributed by atoms with Crippen LogP contribution in [0.3, 0.4) is 0 Å². The van der Waals surface area contributed by atoms with Crippen LogP contribution in [0, 0.1) is 5.92 Å². The van der Waals surface area contributed by atoms with E-state index in [9.17, 15) is 4.79 Å². The highest BCUT2D eigenvalue weighted by molar-refractivity contribution is 5.79. The van der Waals surface area contributed by atoms with Gasteiger partial charge in [0.2, 0.25) is 5.91 Å². The molecular weight excluding hydrogens is 236 g/mol. The van der Waals surface area contributed by atoms with Gasteiger partial charge in [-0.1, -0.05) is 32.6 Å². The molecule has 0 bridgehead atoms. The Kier molecular flexibility index (Phi) is 6.15. The van der Waals surface area contributed by atoms with Crippen molar-refractivity contribution in [1.29, 1.82) is 0 Å². The van der Waals surface area contributed by atoms with E-state index < -0.39 is 0 Å². The van der Waals surface area contributed by atoms with Crippen molar-refractivity contribution in [2.75, 3.05) is 19.6 Å². The fourth-order valence-corrected chi connectivity index (χ4v) is 3.48. The lowest BCUT2D eigenvalue weighted by Gasteiger charge is -2.35. The van der Waals surface area contributed by atoms with Crippen LogP contribution in [0.1, 0.15) is 64.7 Å². The Morgan fingerprint density at radius 2 is 1.84 bits per heavy atom. The number of carbonyl (C=O) groups excluding carboxylic acids is 1. The summed E-state index contributed by atoms with van der Waals surface area (Å²) in [6.45, 7) is 5.20. The van der Waals surface area contributed by atoms with Gasteiger partial charge in [0.25, 0.3) is 0 Å². The molecule has 1 atom stereocenters. The number of hydrogen-bond donors (Lipinski definition) is 1. The summed E-state index contributed by atoms with van der Waals surface area (Å²) in [7, 11) is 0. The molecule has 0 spiro atoms. The fourth-order valence-electron chi connectivity index (χ4n) is 3.48. The largest absolute Gasteiger partial charge is 0.341 e. The van der Waals surface area contributed by atoms with E-state index in [-0.39, 0.29) is 0 Å². The predicted octanol–water partition coefficient (Wildman–Crippen LogP) is 2.95. The van der Waals surface area contributed by atoms with Gasteiger partial charge in [0, 0.05) is 25.0 Å². The first-order valence-electron chi connectivity index (χ1n) is 8.33. The summed E-state index contributed by atoms with van der Waals surface area (Å²) in [4.78, 5) is 14.8. The SMILES string of the molecule is CCCNC1CCCN(C(=O)C2CCCCCC2)C1. The summed E-state index contributed by atoms with van der Waals surface area (Å²) >= 11 is 0. The van der Waals surface area contributed by atoms with Gasteiger partial charge < -0.3 is 10.2 Å². The van der Waals surface area contributed by atoms with E-state index in [1.807, 2.05) is 0 Å². The van der Waals surface area contributed by atoms with Crippen LogP contribution in [0.25, 0.3) is 0 Å². The first-order chi connectivity index (χ1) is 9.31. The van der Waals surface area contributed by atoms with E-state index in [0.717, 1.165) is 32.5 Å². The first-order valence-corrected chi connectivity index (χ1v) is 8.33. The number of piperidine rings is 1. The Hall–Kier alpha value is -0.570. The van der Waals surface area contributed by atoms with E-state index in [4.69, 9.17) is 0 Å². The maximum absolute atomic E-state index is 12.6. The van der Waals surface area contributed by atoms with Gasteiger partial charge in [-0.3, -0.25) is 4.79 Å².